The molecular formula is C20H19Cl2N3O3. The molecule has 6 nitrogen and oxygen atoms in total. The first kappa shape index (κ1) is 20.2. The number of likely N-dealkylation sites (tertiary alicyclic amines) is 1. The maximum absolute atomic E-state index is 12.2. The monoisotopic (exact) mass is 419 g/mol. The van der Waals surface area contributed by atoms with Gasteiger partial charge in [0.05, 0.1) is 18.3 Å². The van der Waals surface area contributed by atoms with Crippen LogP contribution in [-0.2, 0) is 9.59 Å². The number of hydrazone groups is 1. The van der Waals surface area contributed by atoms with Gasteiger partial charge in [0.2, 0.25) is 5.91 Å². The number of ether oxygens (including phenoxy) is 1. The average molecular weight is 420 g/mol. The summed E-state index contributed by atoms with van der Waals surface area (Å²) in [5, 5.41) is 4.69. The van der Waals surface area contributed by atoms with Crippen molar-refractivity contribution in [3.63, 3.8) is 0 Å². The first-order chi connectivity index (χ1) is 13.5. The Bertz CT molecular complexity index is 903. The number of nitrogens with one attached hydrogen (secondary N) is 1. The lowest BCUT2D eigenvalue weighted by atomic mass is 9.99. The van der Waals surface area contributed by atoms with E-state index in [4.69, 9.17) is 27.9 Å². The van der Waals surface area contributed by atoms with Crippen LogP contribution < -0.4 is 10.2 Å². The molecule has 2 aromatic carbocycles. The largest absolute Gasteiger partial charge is 0.495 e. The van der Waals surface area contributed by atoms with Crippen LogP contribution in [0.15, 0.2) is 47.6 Å². The lowest BCUT2D eigenvalue weighted by Crippen LogP contribution is -2.36. The Morgan fingerprint density at radius 1 is 1.32 bits per heavy atom. The van der Waals surface area contributed by atoms with Crippen LogP contribution in [0, 0.1) is 0 Å². The van der Waals surface area contributed by atoms with Gasteiger partial charge in [0.1, 0.15) is 12.3 Å². The summed E-state index contributed by atoms with van der Waals surface area (Å²) in [7, 11) is 1.48. The van der Waals surface area contributed by atoms with Crippen LogP contribution in [0.2, 0.25) is 10.0 Å². The first-order valence-electron chi connectivity index (χ1n) is 8.65. The maximum Gasteiger partial charge on any atom is 0.259 e. The molecule has 0 aliphatic carbocycles. The molecule has 1 aliphatic rings. The Kier molecular flexibility index (Phi) is 6.54. The van der Waals surface area contributed by atoms with Crippen LogP contribution in [0.3, 0.4) is 0 Å². The number of rotatable bonds is 6. The number of benzene rings is 2. The lowest BCUT2D eigenvalue weighted by molar-refractivity contribution is -0.133. The van der Waals surface area contributed by atoms with Crippen molar-refractivity contribution in [3.8, 4) is 5.75 Å². The summed E-state index contributed by atoms with van der Waals surface area (Å²) in [6.45, 7) is 0.463. The predicted molar refractivity (Wildman–Crippen MR) is 109 cm³/mol. The van der Waals surface area contributed by atoms with Crippen molar-refractivity contribution in [2.24, 2.45) is 5.10 Å². The van der Waals surface area contributed by atoms with Gasteiger partial charge in [-0.2, -0.15) is 5.10 Å². The molecule has 146 valence electrons. The number of carbonyl (C=O) groups excluding carboxylic acids is 2. The molecule has 0 saturated carbocycles. The topological polar surface area (TPSA) is 71.0 Å². The smallest absolute Gasteiger partial charge is 0.259 e. The Morgan fingerprint density at radius 3 is 2.79 bits per heavy atom. The van der Waals surface area contributed by atoms with Crippen molar-refractivity contribution in [1.29, 1.82) is 0 Å². The molecule has 3 rings (SSSR count). The number of halogens is 2. The van der Waals surface area contributed by atoms with Crippen LogP contribution in [0.25, 0.3) is 0 Å². The van der Waals surface area contributed by atoms with Crippen molar-refractivity contribution in [1.82, 2.24) is 10.3 Å². The van der Waals surface area contributed by atoms with E-state index in [-0.39, 0.29) is 24.3 Å². The van der Waals surface area contributed by atoms with E-state index < -0.39 is 0 Å². The highest BCUT2D eigenvalue weighted by Gasteiger charge is 2.31. The molecule has 1 atom stereocenters. The summed E-state index contributed by atoms with van der Waals surface area (Å²) in [5.41, 5.74) is 4.05. The summed E-state index contributed by atoms with van der Waals surface area (Å²) in [6.07, 6.45) is 1.80. The quantitative estimate of drug-likeness (QED) is 0.575. The molecule has 8 heteroatoms. The van der Waals surface area contributed by atoms with E-state index in [9.17, 15) is 9.59 Å². The standard InChI is InChI=1S/C20H19Cl2N3O3/c1-28-20-14(7-16(21)9-17(20)22)10-23-24-18(26)12-25-11-15(8-19(25)27)13-5-3-2-4-6-13/h2-7,9-10,15H,8,11-12H2,1H3,(H,24,26). The molecule has 2 aromatic rings. The van der Waals surface area contributed by atoms with Gasteiger partial charge in [0.25, 0.3) is 5.91 Å². The van der Waals surface area contributed by atoms with Crippen molar-refractivity contribution in [2.45, 2.75) is 12.3 Å². The Hall–Kier alpha value is -2.57. The van der Waals surface area contributed by atoms with Gasteiger partial charge < -0.3 is 9.64 Å². The molecule has 1 unspecified atom stereocenters. The molecule has 28 heavy (non-hydrogen) atoms. The number of amides is 2. The van der Waals surface area contributed by atoms with Gasteiger partial charge in [0.15, 0.2) is 0 Å². The summed E-state index contributed by atoms with van der Waals surface area (Å²) < 4.78 is 5.22. The van der Waals surface area contributed by atoms with Crippen LogP contribution in [0.4, 0.5) is 0 Å². The fraction of sp³-hybridized carbons (Fsp3) is 0.250. The zero-order chi connectivity index (χ0) is 20.1. The normalized spacial score (nSPS) is 16.6. The van der Waals surface area contributed by atoms with Gasteiger partial charge in [-0.25, -0.2) is 5.43 Å². The van der Waals surface area contributed by atoms with E-state index in [1.54, 1.807) is 17.0 Å². The lowest BCUT2D eigenvalue weighted by Gasteiger charge is -2.15. The predicted octanol–water partition coefficient (Wildman–Crippen LogP) is 3.47. The number of nitrogens with zero attached hydrogens (tertiary/aromatic N) is 2. The van der Waals surface area contributed by atoms with E-state index in [1.165, 1.54) is 13.3 Å². The highest BCUT2D eigenvalue weighted by molar-refractivity contribution is 6.36. The SMILES string of the molecule is COc1c(Cl)cc(Cl)cc1C=NNC(=O)CN1CC(c2ccccc2)CC1=O. The van der Waals surface area contributed by atoms with Crippen LogP contribution >= 0.6 is 23.2 Å². The summed E-state index contributed by atoms with van der Waals surface area (Å²) in [6, 6.07) is 13.0. The second kappa shape index (κ2) is 9.08. The van der Waals surface area contributed by atoms with Gasteiger partial charge in [0, 0.05) is 29.5 Å². The molecular weight excluding hydrogens is 401 g/mol. The fourth-order valence-corrected chi connectivity index (χ4v) is 3.73. The zero-order valence-electron chi connectivity index (χ0n) is 15.2. The molecule has 2 amide bonds. The van der Waals surface area contributed by atoms with Gasteiger partial charge in [-0.3, -0.25) is 9.59 Å². The number of hydrogen-bond acceptors (Lipinski definition) is 4. The minimum absolute atomic E-state index is 0.0451. The summed E-state index contributed by atoms with van der Waals surface area (Å²) in [4.78, 5) is 25.9. The summed E-state index contributed by atoms with van der Waals surface area (Å²) in [5.74, 6) is 0.0778. The highest BCUT2D eigenvalue weighted by atomic mass is 35.5. The third kappa shape index (κ3) is 4.82. The Balaban J connectivity index is 1.58. The van der Waals surface area contributed by atoms with Gasteiger partial charge in [-0.05, 0) is 17.7 Å². The summed E-state index contributed by atoms with van der Waals surface area (Å²) >= 11 is 12.0. The second-order valence-electron chi connectivity index (χ2n) is 6.39. The van der Waals surface area contributed by atoms with Crippen molar-refractivity contribution < 1.29 is 14.3 Å². The Morgan fingerprint density at radius 2 is 2.07 bits per heavy atom. The van der Waals surface area contributed by atoms with E-state index in [1.807, 2.05) is 30.3 Å². The average Bonchev–Trinajstić information content (AvgIpc) is 3.02. The molecule has 1 heterocycles. The van der Waals surface area contributed by atoms with Crippen molar-refractivity contribution in [3.05, 3.63) is 63.6 Å². The van der Waals surface area contributed by atoms with Crippen LogP contribution in [0.1, 0.15) is 23.5 Å². The van der Waals surface area contributed by atoms with Gasteiger partial charge >= 0.3 is 0 Å². The number of carbonyl (C=O) groups is 2. The molecule has 1 saturated heterocycles. The third-order valence-electron chi connectivity index (χ3n) is 4.45. The Labute approximate surface area is 173 Å². The molecule has 0 bridgehead atoms. The maximum atomic E-state index is 12.2. The second-order valence-corrected chi connectivity index (χ2v) is 7.23. The molecule has 1 aliphatic heterocycles. The van der Waals surface area contributed by atoms with E-state index in [0.717, 1.165) is 5.56 Å². The molecule has 0 aromatic heterocycles. The minimum atomic E-state index is -0.384. The first-order valence-corrected chi connectivity index (χ1v) is 9.41. The number of hydrogen-bond donors (Lipinski definition) is 1. The third-order valence-corrected chi connectivity index (χ3v) is 4.95. The zero-order valence-corrected chi connectivity index (χ0v) is 16.7. The molecule has 0 radical (unpaired) electrons. The fourth-order valence-electron chi connectivity index (χ4n) is 3.15. The van der Waals surface area contributed by atoms with Crippen molar-refractivity contribution >= 4 is 41.2 Å². The highest BCUT2D eigenvalue weighted by Crippen LogP contribution is 2.31. The van der Waals surface area contributed by atoms with Crippen LogP contribution in [-0.4, -0.2) is 43.1 Å². The molecule has 0 spiro atoms. The van der Waals surface area contributed by atoms with Crippen LogP contribution in [0.5, 0.6) is 5.75 Å². The molecule has 1 fully saturated rings. The minimum Gasteiger partial charge on any atom is -0.495 e. The van der Waals surface area contributed by atoms with Gasteiger partial charge in [-0.15, -0.1) is 0 Å². The van der Waals surface area contributed by atoms with E-state index >= 15 is 0 Å². The number of methoxy groups -OCH3 is 1. The molecule has 1 N–H and O–H groups in total. The van der Waals surface area contributed by atoms with Gasteiger partial charge in [-0.1, -0.05) is 53.5 Å². The van der Waals surface area contributed by atoms with E-state index in [0.29, 0.717) is 34.3 Å². The van der Waals surface area contributed by atoms with Crippen molar-refractivity contribution in [2.75, 3.05) is 20.2 Å². The van der Waals surface area contributed by atoms with E-state index in [2.05, 4.69) is 10.5 Å².